The second kappa shape index (κ2) is 3.56. The quantitative estimate of drug-likeness (QED) is 0.565. The van der Waals surface area contributed by atoms with Crippen molar-refractivity contribution in [1.82, 2.24) is 0 Å². The summed E-state index contributed by atoms with van der Waals surface area (Å²) in [5, 5.41) is 9.52. The van der Waals surface area contributed by atoms with Gasteiger partial charge in [-0.15, -0.1) is 0 Å². The van der Waals surface area contributed by atoms with Gasteiger partial charge in [-0.25, -0.2) is 0 Å². The van der Waals surface area contributed by atoms with Crippen molar-refractivity contribution in [1.29, 1.82) is 0 Å². The number of aliphatic hydroxyl groups is 1. The fourth-order valence-electron chi connectivity index (χ4n) is 0.997. The molecule has 0 saturated carbocycles. The molecule has 0 radical (unpaired) electrons. The Morgan fingerprint density at radius 1 is 1.25 bits per heavy atom. The summed E-state index contributed by atoms with van der Waals surface area (Å²) in [6.07, 6.45) is -0.606. The lowest BCUT2D eigenvalue weighted by molar-refractivity contribution is 0.153. The van der Waals surface area contributed by atoms with Gasteiger partial charge in [0.05, 0.1) is 6.10 Å². The highest BCUT2D eigenvalue weighted by molar-refractivity contribution is 5.40. The molecule has 0 amide bonds. The zero-order chi connectivity index (χ0) is 9.14. The van der Waals surface area contributed by atoms with Gasteiger partial charge in [0.2, 0.25) is 0 Å². The van der Waals surface area contributed by atoms with Crippen LogP contribution in [0.1, 0.15) is 18.6 Å². The summed E-state index contributed by atoms with van der Waals surface area (Å²) < 4.78 is 0. The highest BCUT2D eigenvalue weighted by Crippen LogP contribution is 2.16. The van der Waals surface area contributed by atoms with E-state index in [2.05, 4.69) is 0 Å². The van der Waals surface area contributed by atoms with Gasteiger partial charge in [0, 0.05) is 11.7 Å². The predicted molar refractivity (Wildman–Crippen MR) is 49.5 cm³/mol. The number of rotatable bonds is 2. The largest absolute Gasteiger partial charge is 0.399 e. The van der Waals surface area contributed by atoms with Crippen molar-refractivity contribution in [2.24, 2.45) is 5.73 Å². The first kappa shape index (κ1) is 9.03. The van der Waals surface area contributed by atoms with E-state index in [-0.39, 0.29) is 6.04 Å². The number of benzene rings is 1. The van der Waals surface area contributed by atoms with Crippen LogP contribution in [-0.2, 0) is 0 Å². The fraction of sp³-hybridized carbons (Fsp3) is 0.333. The van der Waals surface area contributed by atoms with Crippen LogP contribution in [0.25, 0.3) is 0 Å². The van der Waals surface area contributed by atoms with E-state index in [0.717, 1.165) is 5.56 Å². The third-order valence-corrected chi connectivity index (χ3v) is 1.78. The molecule has 3 nitrogen and oxygen atoms in total. The van der Waals surface area contributed by atoms with Crippen molar-refractivity contribution in [2.75, 3.05) is 5.73 Å². The van der Waals surface area contributed by atoms with E-state index in [1.54, 1.807) is 31.2 Å². The Morgan fingerprint density at radius 2 is 1.75 bits per heavy atom. The molecule has 3 heteroatoms. The lowest BCUT2D eigenvalue weighted by Gasteiger charge is -2.14. The SMILES string of the molecule is C[C@H](N)[C@H](O)c1ccc(N)cc1. The van der Waals surface area contributed by atoms with Crippen molar-refractivity contribution < 1.29 is 5.11 Å². The normalized spacial score (nSPS) is 15.6. The van der Waals surface area contributed by atoms with Gasteiger partial charge in [0.1, 0.15) is 0 Å². The first-order valence-electron chi connectivity index (χ1n) is 3.90. The van der Waals surface area contributed by atoms with Crippen LogP contribution in [0.2, 0.25) is 0 Å². The molecule has 1 aromatic rings. The Hall–Kier alpha value is -1.06. The monoisotopic (exact) mass is 166 g/mol. The summed E-state index contributed by atoms with van der Waals surface area (Å²) in [5.41, 5.74) is 12.5. The van der Waals surface area contributed by atoms with E-state index < -0.39 is 6.10 Å². The van der Waals surface area contributed by atoms with E-state index in [0.29, 0.717) is 5.69 Å². The fourth-order valence-corrected chi connectivity index (χ4v) is 0.997. The van der Waals surface area contributed by atoms with Crippen LogP contribution in [0, 0.1) is 0 Å². The molecule has 1 aromatic carbocycles. The van der Waals surface area contributed by atoms with Crippen molar-refractivity contribution in [3.8, 4) is 0 Å². The third kappa shape index (κ3) is 1.96. The Labute approximate surface area is 72.0 Å². The summed E-state index contributed by atoms with van der Waals surface area (Å²) in [7, 11) is 0. The molecule has 1 rings (SSSR count). The number of hydrogen-bond donors (Lipinski definition) is 3. The summed E-state index contributed by atoms with van der Waals surface area (Å²) in [4.78, 5) is 0. The molecule has 66 valence electrons. The van der Waals surface area contributed by atoms with Crippen LogP contribution in [0.5, 0.6) is 0 Å². The second-order valence-electron chi connectivity index (χ2n) is 2.97. The van der Waals surface area contributed by atoms with Crippen molar-refractivity contribution in [2.45, 2.75) is 19.1 Å². The lowest BCUT2D eigenvalue weighted by Crippen LogP contribution is -2.24. The average Bonchev–Trinajstić information content (AvgIpc) is 2.04. The average molecular weight is 166 g/mol. The summed E-state index contributed by atoms with van der Waals surface area (Å²) >= 11 is 0. The first-order valence-corrected chi connectivity index (χ1v) is 3.90. The van der Waals surface area contributed by atoms with Gasteiger partial charge in [-0.3, -0.25) is 0 Å². The molecule has 0 aromatic heterocycles. The highest BCUT2D eigenvalue weighted by Gasteiger charge is 2.10. The highest BCUT2D eigenvalue weighted by atomic mass is 16.3. The Bertz CT molecular complexity index is 243. The number of aliphatic hydroxyl groups excluding tert-OH is 1. The smallest absolute Gasteiger partial charge is 0.0938 e. The molecule has 0 aliphatic rings. The maximum atomic E-state index is 9.52. The minimum absolute atomic E-state index is 0.256. The second-order valence-corrected chi connectivity index (χ2v) is 2.97. The molecule has 0 bridgehead atoms. The van der Waals surface area contributed by atoms with Gasteiger partial charge in [-0.2, -0.15) is 0 Å². The van der Waals surface area contributed by atoms with Gasteiger partial charge in [-0.05, 0) is 24.6 Å². The zero-order valence-electron chi connectivity index (χ0n) is 7.07. The maximum absolute atomic E-state index is 9.52. The standard InChI is InChI=1S/C9H14N2O/c1-6(10)9(12)7-2-4-8(11)5-3-7/h2-6,9,12H,10-11H2,1H3/t6-,9-/m0/s1. The molecule has 5 N–H and O–H groups in total. The van der Waals surface area contributed by atoms with Crippen molar-refractivity contribution in [3.63, 3.8) is 0 Å². The molecular weight excluding hydrogens is 152 g/mol. The van der Waals surface area contributed by atoms with Crippen LogP contribution in [-0.4, -0.2) is 11.1 Å². The van der Waals surface area contributed by atoms with Crippen LogP contribution in [0.15, 0.2) is 24.3 Å². The lowest BCUT2D eigenvalue weighted by atomic mass is 10.0. The maximum Gasteiger partial charge on any atom is 0.0938 e. The molecule has 0 aliphatic carbocycles. The molecule has 0 saturated heterocycles. The first-order chi connectivity index (χ1) is 5.61. The van der Waals surface area contributed by atoms with E-state index >= 15 is 0 Å². The minimum atomic E-state index is -0.606. The number of nitrogen functional groups attached to an aromatic ring is 1. The molecule has 12 heavy (non-hydrogen) atoms. The topological polar surface area (TPSA) is 72.3 Å². The molecule has 0 heterocycles. The molecule has 0 fully saturated rings. The number of hydrogen-bond acceptors (Lipinski definition) is 3. The molecular formula is C9H14N2O. The van der Waals surface area contributed by atoms with Gasteiger partial charge in [0.25, 0.3) is 0 Å². The van der Waals surface area contributed by atoms with Crippen LogP contribution < -0.4 is 11.5 Å². The van der Waals surface area contributed by atoms with E-state index in [1.165, 1.54) is 0 Å². The number of nitrogens with two attached hydrogens (primary N) is 2. The zero-order valence-corrected chi connectivity index (χ0v) is 7.07. The molecule has 0 aliphatic heterocycles. The van der Waals surface area contributed by atoms with Crippen molar-refractivity contribution >= 4 is 5.69 Å². The Morgan fingerprint density at radius 3 is 2.17 bits per heavy atom. The third-order valence-electron chi connectivity index (χ3n) is 1.78. The number of anilines is 1. The molecule has 2 atom stereocenters. The van der Waals surface area contributed by atoms with E-state index in [9.17, 15) is 5.11 Å². The molecule has 0 spiro atoms. The van der Waals surface area contributed by atoms with Gasteiger partial charge in [-0.1, -0.05) is 12.1 Å². The van der Waals surface area contributed by atoms with Crippen LogP contribution >= 0.6 is 0 Å². The summed E-state index contributed by atoms with van der Waals surface area (Å²) in [6, 6.07) is 6.81. The van der Waals surface area contributed by atoms with Crippen molar-refractivity contribution in [3.05, 3.63) is 29.8 Å². The predicted octanol–water partition coefficient (Wildman–Crippen LogP) is 0.649. The van der Waals surface area contributed by atoms with Gasteiger partial charge < -0.3 is 16.6 Å². The van der Waals surface area contributed by atoms with E-state index in [4.69, 9.17) is 11.5 Å². The molecule has 0 unspecified atom stereocenters. The van der Waals surface area contributed by atoms with Gasteiger partial charge >= 0.3 is 0 Å². The van der Waals surface area contributed by atoms with Gasteiger partial charge in [0.15, 0.2) is 0 Å². The van der Waals surface area contributed by atoms with E-state index in [1.807, 2.05) is 0 Å². The minimum Gasteiger partial charge on any atom is -0.399 e. The Balaban J connectivity index is 2.82. The Kier molecular flexibility index (Phi) is 2.68. The summed E-state index contributed by atoms with van der Waals surface area (Å²) in [6.45, 7) is 1.76. The van der Waals surface area contributed by atoms with Crippen LogP contribution in [0.3, 0.4) is 0 Å². The summed E-state index contributed by atoms with van der Waals surface area (Å²) in [5.74, 6) is 0. The van der Waals surface area contributed by atoms with Crippen LogP contribution in [0.4, 0.5) is 5.69 Å².